The highest BCUT2D eigenvalue weighted by Gasteiger charge is 2.09. The maximum Gasteiger partial charge on any atom is -0.0102 e. The van der Waals surface area contributed by atoms with E-state index in [0.29, 0.717) is 0 Å². The summed E-state index contributed by atoms with van der Waals surface area (Å²) in [6.45, 7) is 4.49. The SMILES string of the molecule is Cc1c(C)c2cc(/C=C/c3ccccc3)ccc2c2ccc(/C=C/c3ccccc3)cc12. The van der Waals surface area contributed by atoms with Gasteiger partial charge >= 0.3 is 0 Å². The van der Waals surface area contributed by atoms with Gasteiger partial charge in [-0.15, -0.1) is 0 Å². The maximum absolute atomic E-state index is 2.32. The van der Waals surface area contributed by atoms with E-state index in [2.05, 4.69) is 123 Å². The fourth-order valence-corrected chi connectivity index (χ4v) is 4.34. The zero-order chi connectivity index (χ0) is 21.9. The van der Waals surface area contributed by atoms with Crippen molar-refractivity contribution in [1.29, 1.82) is 0 Å². The van der Waals surface area contributed by atoms with Crippen molar-refractivity contribution in [1.82, 2.24) is 0 Å². The van der Waals surface area contributed by atoms with Crippen molar-refractivity contribution < 1.29 is 0 Å². The van der Waals surface area contributed by atoms with Crippen LogP contribution in [0.5, 0.6) is 0 Å². The Morgan fingerprint density at radius 3 is 1.16 bits per heavy atom. The lowest BCUT2D eigenvalue weighted by atomic mass is 9.91. The molecule has 0 atom stereocenters. The summed E-state index contributed by atoms with van der Waals surface area (Å²) < 4.78 is 0. The van der Waals surface area contributed by atoms with Gasteiger partial charge in [0, 0.05) is 0 Å². The van der Waals surface area contributed by atoms with Gasteiger partial charge in [0.2, 0.25) is 0 Å². The molecule has 0 heteroatoms. The van der Waals surface area contributed by atoms with Gasteiger partial charge in [-0.1, -0.05) is 109 Å². The summed E-state index contributed by atoms with van der Waals surface area (Å²) in [6.07, 6.45) is 8.75. The molecule has 0 amide bonds. The molecule has 154 valence electrons. The van der Waals surface area contributed by atoms with Gasteiger partial charge in [0.05, 0.1) is 0 Å². The molecule has 0 unspecified atom stereocenters. The Bertz CT molecular complexity index is 1340. The molecule has 5 rings (SSSR count). The van der Waals surface area contributed by atoms with E-state index in [1.165, 1.54) is 54.9 Å². The molecule has 0 aliphatic carbocycles. The van der Waals surface area contributed by atoms with Gasteiger partial charge in [-0.25, -0.2) is 0 Å². The molecular weight excluding hydrogens is 384 g/mol. The van der Waals surface area contributed by atoms with Crippen LogP contribution < -0.4 is 0 Å². The van der Waals surface area contributed by atoms with Gasteiger partial charge in [-0.05, 0) is 80.9 Å². The van der Waals surface area contributed by atoms with Gasteiger partial charge in [-0.2, -0.15) is 0 Å². The van der Waals surface area contributed by atoms with Crippen LogP contribution in [0, 0.1) is 13.8 Å². The van der Waals surface area contributed by atoms with E-state index in [-0.39, 0.29) is 0 Å². The van der Waals surface area contributed by atoms with Crippen molar-refractivity contribution in [2.45, 2.75) is 13.8 Å². The van der Waals surface area contributed by atoms with Crippen molar-refractivity contribution in [2.75, 3.05) is 0 Å². The normalized spacial score (nSPS) is 11.8. The van der Waals surface area contributed by atoms with E-state index in [1.807, 2.05) is 12.1 Å². The van der Waals surface area contributed by atoms with Crippen LogP contribution in [-0.4, -0.2) is 0 Å². The minimum Gasteiger partial charge on any atom is -0.0622 e. The van der Waals surface area contributed by atoms with E-state index >= 15 is 0 Å². The third-order valence-electron chi connectivity index (χ3n) is 6.28. The average molecular weight is 411 g/mol. The lowest BCUT2D eigenvalue weighted by Crippen LogP contribution is -1.90. The molecule has 0 saturated heterocycles. The lowest BCUT2D eigenvalue weighted by Gasteiger charge is -2.13. The minimum atomic E-state index is 1.22. The van der Waals surface area contributed by atoms with Crippen LogP contribution >= 0.6 is 0 Å². The van der Waals surface area contributed by atoms with Gasteiger partial charge in [0.1, 0.15) is 0 Å². The number of aryl methyl sites for hydroxylation is 2. The van der Waals surface area contributed by atoms with E-state index in [4.69, 9.17) is 0 Å². The smallest absolute Gasteiger partial charge is 0.0102 e. The lowest BCUT2D eigenvalue weighted by molar-refractivity contribution is 1.41. The fraction of sp³-hybridized carbons (Fsp3) is 0.0625. The van der Waals surface area contributed by atoms with Crippen LogP contribution in [0.15, 0.2) is 97.1 Å². The van der Waals surface area contributed by atoms with Gasteiger partial charge in [-0.3, -0.25) is 0 Å². The second-order valence-corrected chi connectivity index (χ2v) is 8.35. The molecule has 0 saturated carbocycles. The summed E-state index contributed by atoms with van der Waals surface area (Å²) in [7, 11) is 0. The van der Waals surface area contributed by atoms with E-state index in [9.17, 15) is 0 Å². The third kappa shape index (κ3) is 4.00. The highest BCUT2D eigenvalue weighted by molar-refractivity contribution is 6.11. The zero-order valence-electron chi connectivity index (χ0n) is 18.5. The van der Waals surface area contributed by atoms with Crippen molar-refractivity contribution in [3.63, 3.8) is 0 Å². The average Bonchev–Trinajstić information content (AvgIpc) is 2.86. The standard InChI is InChI=1S/C32H26/c1-23-24(2)32-22-28(16-14-26-11-7-4-8-12-26)18-20-30(32)29-19-17-27(21-31(23)29)15-13-25-9-5-3-6-10-25/h3-22H,1-2H3/b15-13+,16-14+. The summed E-state index contributed by atoms with van der Waals surface area (Å²) in [5, 5.41) is 5.30. The Morgan fingerprint density at radius 1 is 0.375 bits per heavy atom. The molecule has 0 bridgehead atoms. The summed E-state index contributed by atoms with van der Waals surface area (Å²) in [6, 6.07) is 34.5. The highest BCUT2D eigenvalue weighted by Crippen LogP contribution is 2.34. The molecule has 5 aromatic carbocycles. The quantitative estimate of drug-likeness (QED) is 0.205. The van der Waals surface area contributed by atoms with Crippen LogP contribution in [0.2, 0.25) is 0 Å². The largest absolute Gasteiger partial charge is 0.0622 e. The van der Waals surface area contributed by atoms with Crippen molar-refractivity contribution in [2.24, 2.45) is 0 Å². The topological polar surface area (TPSA) is 0 Å². The van der Waals surface area contributed by atoms with Crippen LogP contribution in [-0.2, 0) is 0 Å². The van der Waals surface area contributed by atoms with E-state index in [0.717, 1.165) is 0 Å². The van der Waals surface area contributed by atoms with Crippen molar-refractivity contribution in [3.8, 4) is 0 Å². The molecule has 0 aliphatic rings. The number of fused-ring (bicyclic) bond motifs is 3. The Balaban J connectivity index is 1.55. The van der Waals surface area contributed by atoms with Crippen LogP contribution in [0.3, 0.4) is 0 Å². The van der Waals surface area contributed by atoms with Crippen LogP contribution in [0.4, 0.5) is 0 Å². The second kappa shape index (κ2) is 8.69. The summed E-state index contributed by atoms with van der Waals surface area (Å²) in [5.74, 6) is 0. The summed E-state index contributed by atoms with van der Waals surface area (Å²) in [5.41, 5.74) is 7.60. The molecule has 32 heavy (non-hydrogen) atoms. The Labute approximate surface area is 190 Å². The first-order valence-electron chi connectivity index (χ1n) is 11.1. The fourth-order valence-electron chi connectivity index (χ4n) is 4.34. The first-order valence-corrected chi connectivity index (χ1v) is 11.1. The molecular formula is C32H26. The molecule has 0 spiro atoms. The first kappa shape index (κ1) is 20.0. The van der Waals surface area contributed by atoms with Crippen molar-refractivity contribution in [3.05, 3.63) is 130 Å². The molecule has 0 fully saturated rings. The predicted molar refractivity (Wildman–Crippen MR) is 142 cm³/mol. The maximum atomic E-state index is 2.32. The van der Waals surface area contributed by atoms with Gasteiger partial charge in [0.15, 0.2) is 0 Å². The predicted octanol–water partition coefficient (Wildman–Crippen LogP) is 8.95. The van der Waals surface area contributed by atoms with Crippen LogP contribution in [0.25, 0.3) is 45.8 Å². The number of hydrogen-bond donors (Lipinski definition) is 0. The Hall–Kier alpha value is -3.90. The minimum absolute atomic E-state index is 1.22. The Kier molecular flexibility index (Phi) is 5.44. The second-order valence-electron chi connectivity index (χ2n) is 8.35. The molecule has 0 heterocycles. The molecule has 0 aliphatic heterocycles. The Morgan fingerprint density at radius 2 is 0.750 bits per heavy atom. The van der Waals surface area contributed by atoms with E-state index in [1.54, 1.807) is 0 Å². The number of benzene rings is 5. The molecule has 0 radical (unpaired) electrons. The molecule has 0 N–H and O–H groups in total. The number of hydrogen-bond acceptors (Lipinski definition) is 0. The summed E-state index contributed by atoms with van der Waals surface area (Å²) in [4.78, 5) is 0. The summed E-state index contributed by atoms with van der Waals surface area (Å²) >= 11 is 0. The van der Waals surface area contributed by atoms with Gasteiger partial charge in [0.25, 0.3) is 0 Å². The van der Waals surface area contributed by atoms with Crippen LogP contribution in [0.1, 0.15) is 33.4 Å². The van der Waals surface area contributed by atoms with Gasteiger partial charge < -0.3 is 0 Å². The molecule has 0 aromatic heterocycles. The highest BCUT2D eigenvalue weighted by atomic mass is 14.1. The monoisotopic (exact) mass is 410 g/mol. The van der Waals surface area contributed by atoms with Crippen molar-refractivity contribution >= 4 is 45.8 Å². The molecule has 5 aromatic rings. The third-order valence-corrected chi connectivity index (χ3v) is 6.28. The zero-order valence-corrected chi connectivity index (χ0v) is 18.5. The number of rotatable bonds is 4. The van der Waals surface area contributed by atoms with E-state index < -0.39 is 0 Å². The molecule has 0 nitrogen and oxygen atoms in total. The first-order chi connectivity index (χ1) is 15.7.